The Balaban J connectivity index is 0.00000196. The van der Waals surface area contributed by atoms with E-state index in [0.29, 0.717) is 19.4 Å². The summed E-state index contributed by atoms with van der Waals surface area (Å²) in [6.07, 6.45) is 0.644. The number of ether oxygens (including phenoxy) is 2. The summed E-state index contributed by atoms with van der Waals surface area (Å²) >= 11 is 0. The van der Waals surface area contributed by atoms with Crippen molar-refractivity contribution in [2.75, 3.05) is 40.3 Å². The van der Waals surface area contributed by atoms with Gasteiger partial charge < -0.3 is 28.2 Å². The molecule has 0 spiro atoms. The van der Waals surface area contributed by atoms with Crippen LogP contribution in [0.3, 0.4) is 0 Å². The fraction of sp³-hybridized carbons (Fsp3) is 1.00. The monoisotopic (exact) mass is 240 g/mol. The minimum Gasteiger partial charge on any atom is -0.412 e. The normalized spacial score (nSPS) is 19.8. The molecule has 0 amide bonds. The van der Waals surface area contributed by atoms with E-state index in [2.05, 4.69) is 0 Å². The molecule has 0 aromatic carbocycles. The third-order valence-corrected chi connectivity index (χ3v) is 4.50. The number of hydrogen-bond acceptors (Lipinski definition) is 5. The summed E-state index contributed by atoms with van der Waals surface area (Å²) < 4.78 is 26.4. The van der Waals surface area contributed by atoms with Gasteiger partial charge in [-0.05, 0) is 6.92 Å². The molecule has 0 aliphatic carbocycles. The minimum atomic E-state index is -2.56. The summed E-state index contributed by atoms with van der Waals surface area (Å²) in [7, 11) is 0.611. The van der Waals surface area contributed by atoms with Crippen molar-refractivity contribution in [3.8, 4) is 0 Å². The molecule has 1 fully saturated rings. The van der Waals surface area contributed by atoms with Gasteiger partial charge in [0.2, 0.25) is 0 Å². The van der Waals surface area contributed by atoms with Gasteiger partial charge in [-0.15, -0.1) is 0 Å². The van der Waals surface area contributed by atoms with Crippen LogP contribution in [0.4, 0.5) is 0 Å². The van der Waals surface area contributed by atoms with Crippen LogP contribution < -0.4 is 0 Å². The van der Waals surface area contributed by atoms with Crippen molar-refractivity contribution in [3.63, 3.8) is 0 Å². The van der Waals surface area contributed by atoms with E-state index in [1.54, 1.807) is 14.2 Å². The standard InChI is InChI=1S/C8H18O5Si.H2O/c1-4-13-14(9-2,10-3)7-11-5-8-6-12-8;/h8H,4-7H2,1-3H3;1H2. The average Bonchev–Trinajstić information content (AvgIpc) is 3.00. The van der Waals surface area contributed by atoms with E-state index in [-0.39, 0.29) is 11.6 Å². The summed E-state index contributed by atoms with van der Waals surface area (Å²) in [6, 6.07) is 0. The number of rotatable bonds is 8. The molecule has 1 atom stereocenters. The van der Waals surface area contributed by atoms with Crippen LogP contribution in [-0.2, 0) is 22.8 Å². The molecule has 1 heterocycles. The second-order valence-electron chi connectivity index (χ2n) is 2.99. The van der Waals surface area contributed by atoms with E-state index >= 15 is 0 Å². The van der Waals surface area contributed by atoms with Gasteiger partial charge in [0, 0.05) is 20.8 Å². The fourth-order valence-corrected chi connectivity index (χ4v) is 2.59. The minimum absolute atomic E-state index is 0. The molecule has 0 aromatic heterocycles. The highest BCUT2D eigenvalue weighted by Crippen LogP contribution is 2.12. The van der Waals surface area contributed by atoms with Crippen molar-refractivity contribution in [2.24, 2.45) is 0 Å². The first-order valence-electron chi connectivity index (χ1n) is 4.70. The van der Waals surface area contributed by atoms with E-state index in [4.69, 9.17) is 22.8 Å². The molecule has 1 aliphatic rings. The molecule has 1 unspecified atom stereocenters. The second kappa shape index (κ2) is 7.28. The first-order chi connectivity index (χ1) is 6.76. The Kier molecular flexibility index (Phi) is 7.27. The highest BCUT2D eigenvalue weighted by molar-refractivity contribution is 6.60. The first kappa shape index (κ1) is 15.0. The summed E-state index contributed by atoms with van der Waals surface area (Å²) in [5.74, 6) is 0. The van der Waals surface area contributed by atoms with E-state index in [9.17, 15) is 0 Å². The first-order valence-corrected chi connectivity index (χ1v) is 6.63. The summed E-state index contributed by atoms with van der Waals surface area (Å²) in [5.41, 5.74) is 0. The Morgan fingerprint density at radius 2 is 1.93 bits per heavy atom. The van der Waals surface area contributed by atoms with Crippen LogP contribution in [0, 0.1) is 0 Å². The van der Waals surface area contributed by atoms with Crippen molar-refractivity contribution < 1.29 is 28.2 Å². The largest absolute Gasteiger partial charge is 0.527 e. The zero-order valence-corrected chi connectivity index (χ0v) is 10.4. The maximum Gasteiger partial charge on any atom is 0.527 e. The average molecular weight is 240 g/mol. The van der Waals surface area contributed by atoms with Crippen molar-refractivity contribution in [1.29, 1.82) is 0 Å². The summed E-state index contributed by atoms with van der Waals surface area (Å²) in [5, 5.41) is 0. The highest BCUT2D eigenvalue weighted by Gasteiger charge is 2.40. The topological polar surface area (TPSA) is 81.0 Å². The molecule has 0 aromatic rings. The van der Waals surface area contributed by atoms with Gasteiger partial charge in [-0.25, -0.2) is 0 Å². The quantitative estimate of drug-likeness (QED) is 0.417. The van der Waals surface area contributed by atoms with Crippen LogP contribution in [0.5, 0.6) is 0 Å². The van der Waals surface area contributed by atoms with E-state index in [1.165, 1.54) is 0 Å². The van der Waals surface area contributed by atoms with Crippen LogP contribution in [0.15, 0.2) is 0 Å². The zero-order valence-electron chi connectivity index (χ0n) is 9.45. The molecular formula is C8H20O6Si. The Morgan fingerprint density at radius 1 is 1.33 bits per heavy atom. The molecule has 0 radical (unpaired) electrons. The predicted molar refractivity (Wildman–Crippen MR) is 55.6 cm³/mol. The van der Waals surface area contributed by atoms with Gasteiger partial charge in [0.15, 0.2) is 0 Å². The Morgan fingerprint density at radius 3 is 2.33 bits per heavy atom. The Bertz CT molecular complexity index is 159. The molecular weight excluding hydrogens is 220 g/mol. The Hall–Kier alpha value is -0.0231. The molecule has 2 N–H and O–H groups in total. The van der Waals surface area contributed by atoms with Gasteiger partial charge in [-0.2, -0.15) is 0 Å². The lowest BCUT2D eigenvalue weighted by molar-refractivity contribution is 0.0478. The fourth-order valence-electron chi connectivity index (χ4n) is 1.06. The molecule has 1 aliphatic heterocycles. The maximum atomic E-state index is 5.46. The lowest BCUT2D eigenvalue weighted by atomic mass is 10.5. The van der Waals surface area contributed by atoms with Crippen molar-refractivity contribution >= 4 is 8.80 Å². The van der Waals surface area contributed by atoms with Gasteiger partial charge in [0.1, 0.15) is 12.3 Å². The lowest BCUT2D eigenvalue weighted by Crippen LogP contribution is -2.49. The molecule has 92 valence electrons. The third-order valence-electron chi connectivity index (χ3n) is 1.97. The predicted octanol–water partition coefficient (Wildman–Crippen LogP) is -0.615. The zero-order chi connectivity index (χ0) is 10.4. The number of epoxide rings is 1. The second-order valence-corrected chi connectivity index (χ2v) is 5.75. The van der Waals surface area contributed by atoms with Crippen LogP contribution >= 0.6 is 0 Å². The van der Waals surface area contributed by atoms with Crippen LogP contribution in [0.25, 0.3) is 0 Å². The van der Waals surface area contributed by atoms with E-state index in [1.807, 2.05) is 6.92 Å². The Labute approximate surface area is 91.1 Å². The van der Waals surface area contributed by atoms with Crippen LogP contribution in [0.2, 0.25) is 0 Å². The van der Waals surface area contributed by atoms with E-state index < -0.39 is 8.80 Å². The van der Waals surface area contributed by atoms with Gasteiger partial charge in [-0.3, -0.25) is 0 Å². The maximum absolute atomic E-state index is 5.46. The summed E-state index contributed by atoms with van der Waals surface area (Å²) in [4.78, 5) is 0. The SMILES string of the molecule is CCO[Si](COCC1CO1)(OC)OC.O. The molecule has 6 nitrogen and oxygen atoms in total. The summed E-state index contributed by atoms with van der Waals surface area (Å²) in [6.45, 7) is 3.86. The molecule has 1 rings (SSSR count). The van der Waals surface area contributed by atoms with Gasteiger partial charge >= 0.3 is 8.80 Å². The molecule has 0 saturated carbocycles. The van der Waals surface area contributed by atoms with Crippen molar-refractivity contribution in [1.82, 2.24) is 0 Å². The van der Waals surface area contributed by atoms with Crippen LogP contribution in [0.1, 0.15) is 6.92 Å². The van der Waals surface area contributed by atoms with Crippen LogP contribution in [-0.4, -0.2) is 60.7 Å². The van der Waals surface area contributed by atoms with Crippen molar-refractivity contribution in [2.45, 2.75) is 13.0 Å². The van der Waals surface area contributed by atoms with Gasteiger partial charge in [-0.1, -0.05) is 0 Å². The lowest BCUT2D eigenvalue weighted by Gasteiger charge is -2.25. The van der Waals surface area contributed by atoms with Crippen molar-refractivity contribution in [3.05, 3.63) is 0 Å². The molecule has 15 heavy (non-hydrogen) atoms. The number of hydrogen-bond donors (Lipinski definition) is 0. The third kappa shape index (κ3) is 5.02. The highest BCUT2D eigenvalue weighted by atomic mass is 28.4. The molecule has 1 saturated heterocycles. The molecule has 0 bridgehead atoms. The van der Waals surface area contributed by atoms with Gasteiger partial charge in [0.05, 0.1) is 13.2 Å². The molecule has 7 heteroatoms. The van der Waals surface area contributed by atoms with Gasteiger partial charge in [0.25, 0.3) is 0 Å². The van der Waals surface area contributed by atoms with E-state index in [0.717, 1.165) is 6.61 Å². The smallest absolute Gasteiger partial charge is 0.412 e.